The van der Waals surface area contributed by atoms with Gasteiger partial charge in [0.25, 0.3) is 0 Å². The van der Waals surface area contributed by atoms with Gasteiger partial charge in [-0.15, -0.1) is 0 Å². The lowest BCUT2D eigenvalue weighted by Gasteiger charge is -2.09. The number of rotatable bonds is 8. The number of unbranched alkanes of at least 4 members (excludes halogenated alkanes) is 3. The molecule has 0 aliphatic carbocycles. The number of nitrogens with one attached hydrogen (secondary N) is 2. The van der Waals surface area contributed by atoms with E-state index in [9.17, 15) is 0 Å². The van der Waals surface area contributed by atoms with Crippen LogP contribution in [-0.2, 0) is 0 Å². The standard InChI is InChI=1S/C13H21N5O/c1-14-11-10-18-8-7-16-13(18)12(17-11)15-6-4-2-3-5-9-19/h7-8,10,14,19H,2-6,9H2,1H3,(H,15,17). The lowest BCUT2D eigenvalue weighted by molar-refractivity contribution is 0.283. The average molecular weight is 263 g/mol. The molecule has 0 amide bonds. The molecular formula is C13H21N5O. The molecule has 0 spiro atoms. The fourth-order valence-corrected chi connectivity index (χ4v) is 1.97. The fourth-order valence-electron chi connectivity index (χ4n) is 1.97. The van der Waals surface area contributed by atoms with E-state index in [0.717, 1.165) is 49.5 Å². The van der Waals surface area contributed by atoms with E-state index in [1.54, 1.807) is 6.20 Å². The van der Waals surface area contributed by atoms with E-state index in [4.69, 9.17) is 5.11 Å². The lowest BCUT2D eigenvalue weighted by atomic mass is 10.2. The Morgan fingerprint density at radius 1 is 1.26 bits per heavy atom. The van der Waals surface area contributed by atoms with Crippen molar-refractivity contribution in [3.63, 3.8) is 0 Å². The zero-order valence-corrected chi connectivity index (χ0v) is 11.3. The third-order valence-corrected chi connectivity index (χ3v) is 3.01. The molecule has 19 heavy (non-hydrogen) atoms. The maximum Gasteiger partial charge on any atom is 0.180 e. The lowest BCUT2D eigenvalue weighted by Crippen LogP contribution is -2.07. The molecule has 6 heteroatoms. The van der Waals surface area contributed by atoms with Gasteiger partial charge < -0.3 is 20.1 Å². The molecule has 0 atom stereocenters. The molecule has 2 aromatic heterocycles. The summed E-state index contributed by atoms with van der Waals surface area (Å²) in [5.41, 5.74) is 0.842. The number of aliphatic hydroxyl groups excluding tert-OH is 1. The van der Waals surface area contributed by atoms with Gasteiger partial charge in [0.05, 0.1) is 6.20 Å². The molecule has 3 N–H and O–H groups in total. The minimum Gasteiger partial charge on any atom is -0.396 e. The molecule has 0 fully saturated rings. The Morgan fingerprint density at radius 2 is 2.11 bits per heavy atom. The van der Waals surface area contributed by atoms with Crippen LogP contribution in [0.3, 0.4) is 0 Å². The van der Waals surface area contributed by atoms with Crippen molar-refractivity contribution < 1.29 is 5.11 Å². The number of aliphatic hydroxyl groups is 1. The number of fused-ring (bicyclic) bond motifs is 1. The van der Waals surface area contributed by atoms with Gasteiger partial charge in [-0.25, -0.2) is 9.97 Å². The first kappa shape index (κ1) is 13.6. The molecule has 0 saturated heterocycles. The van der Waals surface area contributed by atoms with Gasteiger partial charge in [0.15, 0.2) is 11.5 Å². The number of nitrogens with zero attached hydrogens (tertiary/aromatic N) is 3. The summed E-state index contributed by atoms with van der Waals surface area (Å²) in [6, 6.07) is 0. The van der Waals surface area contributed by atoms with Crippen LogP contribution in [0.25, 0.3) is 5.65 Å². The minimum atomic E-state index is 0.286. The van der Waals surface area contributed by atoms with Gasteiger partial charge in [-0.3, -0.25) is 0 Å². The van der Waals surface area contributed by atoms with Crippen LogP contribution in [-0.4, -0.2) is 39.7 Å². The van der Waals surface area contributed by atoms with Crippen LogP contribution < -0.4 is 10.6 Å². The van der Waals surface area contributed by atoms with Crippen LogP contribution in [0.4, 0.5) is 11.6 Å². The number of hydrogen-bond donors (Lipinski definition) is 3. The van der Waals surface area contributed by atoms with E-state index in [1.165, 1.54) is 0 Å². The maximum absolute atomic E-state index is 8.71. The van der Waals surface area contributed by atoms with E-state index in [-0.39, 0.29) is 6.61 Å². The highest BCUT2D eigenvalue weighted by atomic mass is 16.2. The molecule has 2 heterocycles. The monoisotopic (exact) mass is 263 g/mol. The summed E-state index contributed by atoms with van der Waals surface area (Å²) in [6.45, 7) is 1.15. The fraction of sp³-hybridized carbons (Fsp3) is 0.538. The molecule has 0 bridgehead atoms. The first-order valence-corrected chi connectivity index (χ1v) is 6.71. The molecule has 2 rings (SSSR count). The van der Waals surface area contributed by atoms with Crippen molar-refractivity contribution in [2.45, 2.75) is 25.7 Å². The van der Waals surface area contributed by atoms with Gasteiger partial charge >= 0.3 is 0 Å². The normalized spacial score (nSPS) is 10.8. The van der Waals surface area contributed by atoms with E-state index in [1.807, 2.05) is 23.8 Å². The van der Waals surface area contributed by atoms with Crippen molar-refractivity contribution in [1.29, 1.82) is 0 Å². The van der Waals surface area contributed by atoms with Crippen molar-refractivity contribution >= 4 is 17.3 Å². The smallest absolute Gasteiger partial charge is 0.180 e. The zero-order chi connectivity index (χ0) is 13.5. The maximum atomic E-state index is 8.71. The Morgan fingerprint density at radius 3 is 2.89 bits per heavy atom. The average Bonchev–Trinajstić information content (AvgIpc) is 2.90. The zero-order valence-electron chi connectivity index (χ0n) is 11.3. The predicted molar refractivity (Wildman–Crippen MR) is 76.6 cm³/mol. The Kier molecular flexibility index (Phi) is 4.97. The Balaban J connectivity index is 1.93. The third kappa shape index (κ3) is 3.57. The van der Waals surface area contributed by atoms with Crippen LogP contribution >= 0.6 is 0 Å². The summed E-state index contributed by atoms with van der Waals surface area (Å²) in [5, 5.41) is 15.1. The molecule has 104 valence electrons. The van der Waals surface area contributed by atoms with E-state index < -0.39 is 0 Å². The topological polar surface area (TPSA) is 74.5 Å². The SMILES string of the molecule is CNc1cn2ccnc2c(NCCCCCCO)n1. The number of aromatic nitrogens is 3. The van der Waals surface area contributed by atoms with E-state index >= 15 is 0 Å². The van der Waals surface area contributed by atoms with E-state index in [0.29, 0.717) is 0 Å². The van der Waals surface area contributed by atoms with Gasteiger partial charge in [0.2, 0.25) is 0 Å². The highest BCUT2D eigenvalue weighted by Gasteiger charge is 2.05. The van der Waals surface area contributed by atoms with Crippen molar-refractivity contribution in [2.75, 3.05) is 30.8 Å². The molecule has 0 radical (unpaired) electrons. The first-order chi connectivity index (χ1) is 9.35. The molecule has 0 aromatic carbocycles. The summed E-state index contributed by atoms with van der Waals surface area (Å²) in [6.07, 6.45) is 9.73. The summed E-state index contributed by atoms with van der Waals surface area (Å²) in [7, 11) is 1.85. The van der Waals surface area contributed by atoms with Crippen molar-refractivity contribution in [1.82, 2.24) is 14.4 Å². The highest BCUT2D eigenvalue weighted by molar-refractivity contribution is 5.65. The van der Waals surface area contributed by atoms with E-state index in [2.05, 4.69) is 20.6 Å². The first-order valence-electron chi connectivity index (χ1n) is 6.71. The van der Waals surface area contributed by atoms with Crippen LogP contribution in [0.5, 0.6) is 0 Å². The third-order valence-electron chi connectivity index (χ3n) is 3.01. The van der Waals surface area contributed by atoms with Gasteiger partial charge in [-0.05, 0) is 12.8 Å². The van der Waals surface area contributed by atoms with Crippen molar-refractivity contribution in [3.8, 4) is 0 Å². The minimum absolute atomic E-state index is 0.286. The Bertz CT molecular complexity index is 511. The van der Waals surface area contributed by atoms with Gasteiger partial charge in [-0.1, -0.05) is 12.8 Å². The molecule has 0 aliphatic rings. The summed E-state index contributed by atoms with van der Waals surface area (Å²) in [4.78, 5) is 8.78. The molecule has 2 aromatic rings. The van der Waals surface area contributed by atoms with Crippen LogP contribution in [0.2, 0.25) is 0 Å². The molecule has 6 nitrogen and oxygen atoms in total. The van der Waals surface area contributed by atoms with Gasteiger partial charge in [0, 0.05) is 32.6 Å². The van der Waals surface area contributed by atoms with Crippen LogP contribution in [0.1, 0.15) is 25.7 Å². The molecule has 0 aliphatic heterocycles. The second-order valence-corrected chi connectivity index (χ2v) is 4.45. The van der Waals surface area contributed by atoms with Crippen molar-refractivity contribution in [2.24, 2.45) is 0 Å². The second-order valence-electron chi connectivity index (χ2n) is 4.45. The Labute approximate surface area is 112 Å². The molecular weight excluding hydrogens is 242 g/mol. The number of imidazole rings is 1. The molecule has 0 unspecified atom stereocenters. The van der Waals surface area contributed by atoms with Gasteiger partial charge in [-0.2, -0.15) is 0 Å². The second kappa shape index (κ2) is 6.94. The summed E-state index contributed by atoms with van der Waals surface area (Å²) in [5.74, 6) is 1.62. The summed E-state index contributed by atoms with van der Waals surface area (Å²) >= 11 is 0. The van der Waals surface area contributed by atoms with Crippen LogP contribution in [0.15, 0.2) is 18.6 Å². The van der Waals surface area contributed by atoms with Crippen LogP contribution in [0, 0.1) is 0 Å². The van der Waals surface area contributed by atoms with Crippen molar-refractivity contribution in [3.05, 3.63) is 18.6 Å². The summed E-state index contributed by atoms with van der Waals surface area (Å²) < 4.78 is 1.95. The quantitative estimate of drug-likeness (QED) is 0.633. The molecule has 0 saturated carbocycles. The number of anilines is 2. The largest absolute Gasteiger partial charge is 0.396 e. The predicted octanol–water partition coefficient (Wildman–Crippen LogP) is 1.74. The highest BCUT2D eigenvalue weighted by Crippen LogP contribution is 2.16. The Hall–Kier alpha value is -1.82. The van der Waals surface area contributed by atoms with Gasteiger partial charge in [0.1, 0.15) is 5.82 Å². The number of hydrogen-bond acceptors (Lipinski definition) is 5.